The van der Waals surface area contributed by atoms with Gasteiger partial charge in [0.1, 0.15) is 5.82 Å². The minimum atomic E-state index is 0.00134. The van der Waals surface area contributed by atoms with Gasteiger partial charge in [0.2, 0.25) is 5.95 Å². The molecule has 4 heterocycles. The Morgan fingerprint density at radius 2 is 2.00 bits per heavy atom. The molecule has 1 atom stereocenters. The maximum absolute atomic E-state index is 4.74. The molecule has 2 N–H and O–H groups in total. The quantitative estimate of drug-likeness (QED) is 0.317. The topological polar surface area (TPSA) is 85.5 Å². The van der Waals surface area contributed by atoms with Crippen LogP contribution in [0.4, 0.5) is 17.5 Å². The Morgan fingerprint density at radius 1 is 1.14 bits per heavy atom. The fraction of sp³-hybridized carbons (Fsp3) is 0.263. The first-order valence-electron chi connectivity index (χ1n) is 9.22. The van der Waals surface area contributed by atoms with Gasteiger partial charge < -0.3 is 10.6 Å². The molecule has 4 aromatic rings. The van der Waals surface area contributed by atoms with Crippen LogP contribution in [0.25, 0.3) is 11.0 Å². The predicted molar refractivity (Wildman–Crippen MR) is 127 cm³/mol. The molecule has 29 heavy (non-hydrogen) atoms. The summed E-state index contributed by atoms with van der Waals surface area (Å²) in [5, 5.41) is 12.1. The number of hydrogen-bond acceptors (Lipinski definition) is 7. The Kier molecular flexibility index (Phi) is 5.90. The zero-order valence-electron chi connectivity index (χ0n) is 16.2. The van der Waals surface area contributed by atoms with E-state index in [0.717, 1.165) is 28.2 Å². The summed E-state index contributed by atoms with van der Waals surface area (Å²) < 4.78 is 3.91. The molecule has 0 aliphatic rings. The minimum absolute atomic E-state index is 0.00134. The van der Waals surface area contributed by atoms with Gasteiger partial charge in [-0.2, -0.15) is 15.1 Å². The highest BCUT2D eigenvalue weighted by Gasteiger charge is 2.16. The van der Waals surface area contributed by atoms with Gasteiger partial charge in [-0.25, -0.2) is 0 Å². The molecule has 0 aliphatic carbocycles. The van der Waals surface area contributed by atoms with Crippen molar-refractivity contribution >= 4 is 58.8 Å². The van der Waals surface area contributed by atoms with Gasteiger partial charge in [0.05, 0.1) is 29.0 Å². The molecule has 0 radical (unpaired) electrons. The van der Waals surface area contributed by atoms with Gasteiger partial charge in [0.15, 0.2) is 5.65 Å². The predicted octanol–water partition coefficient (Wildman–Crippen LogP) is 5.37. The number of halogens is 1. The highest BCUT2D eigenvalue weighted by molar-refractivity contribution is 14.2. The Labute approximate surface area is 185 Å². The van der Waals surface area contributed by atoms with Crippen molar-refractivity contribution in [2.45, 2.75) is 32.9 Å². The molecule has 0 amide bonds. The van der Waals surface area contributed by atoms with E-state index in [0.29, 0.717) is 5.95 Å². The first-order valence-corrected chi connectivity index (χ1v) is 12.5. The summed E-state index contributed by atoms with van der Waals surface area (Å²) in [5.74, 6) is 1.28. The number of rotatable bonds is 7. The number of nitrogens with one attached hydrogen (secondary N) is 2. The molecule has 150 valence electrons. The molecule has 4 rings (SSSR count). The summed E-state index contributed by atoms with van der Waals surface area (Å²) in [6.07, 6.45) is 7.52. The van der Waals surface area contributed by atoms with Crippen molar-refractivity contribution in [1.29, 1.82) is 0 Å². The molecular weight excluding hydrogens is 499 g/mol. The van der Waals surface area contributed by atoms with E-state index in [1.54, 1.807) is 21.5 Å². The van der Waals surface area contributed by atoms with Crippen LogP contribution in [-0.4, -0.2) is 28.7 Å². The summed E-state index contributed by atoms with van der Waals surface area (Å²) in [6, 6.07) is 8.21. The Bertz CT molecular complexity index is 1110. The number of fused-ring (bicyclic) bond motifs is 1. The van der Waals surface area contributed by atoms with Gasteiger partial charge >= 0.3 is 0 Å². The van der Waals surface area contributed by atoms with E-state index in [-0.39, 0.29) is 12.1 Å². The van der Waals surface area contributed by atoms with Gasteiger partial charge in [0, 0.05) is 55.0 Å². The molecule has 0 aromatic carbocycles. The van der Waals surface area contributed by atoms with Gasteiger partial charge in [0.25, 0.3) is 0 Å². The zero-order chi connectivity index (χ0) is 20.4. The average molecular weight is 520 g/mol. The van der Waals surface area contributed by atoms with Gasteiger partial charge in [-0.05, 0) is 39.0 Å². The first-order chi connectivity index (χ1) is 14.0. The third-order valence-electron chi connectivity index (χ3n) is 4.46. The molecule has 0 aliphatic heterocycles. The summed E-state index contributed by atoms with van der Waals surface area (Å²) in [5.41, 5.74) is 2.64. The molecular formula is C19H21IN8S. The summed E-state index contributed by atoms with van der Waals surface area (Å²) >= 11 is 2.25. The minimum Gasteiger partial charge on any atom is -0.361 e. The Balaban J connectivity index is 1.69. The van der Waals surface area contributed by atoms with Crippen LogP contribution in [-0.2, 0) is 0 Å². The highest BCUT2D eigenvalue weighted by atomic mass is 127. The van der Waals surface area contributed by atoms with Gasteiger partial charge in [-0.3, -0.25) is 13.6 Å². The monoisotopic (exact) mass is 520 g/mol. The third-order valence-corrected chi connectivity index (χ3v) is 6.17. The Morgan fingerprint density at radius 3 is 2.69 bits per heavy atom. The molecule has 0 spiro atoms. The second-order valence-electron chi connectivity index (χ2n) is 6.89. The summed E-state index contributed by atoms with van der Waals surface area (Å²) in [7, 11) is 1.56. The lowest BCUT2D eigenvalue weighted by atomic mass is 10.2. The van der Waals surface area contributed by atoms with Crippen molar-refractivity contribution in [2.75, 3.05) is 10.6 Å². The Hall–Kier alpha value is -2.34. The lowest BCUT2D eigenvalue weighted by Crippen LogP contribution is -2.11. The maximum Gasteiger partial charge on any atom is 0.231 e. The van der Waals surface area contributed by atoms with E-state index in [4.69, 9.17) is 9.97 Å². The summed E-state index contributed by atoms with van der Waals surface area (Å²) in [4.78, 5) is 13.9. The number of aromatic nitrogens is 6. The largest absolute Gasteiger partial charge is 0.361 e. The number of anilines is 3. The molecule has 0 fully saturated rings. The fourth-order valence-electron chi connectivity index (χ4n) is 2.94. The van der Waals surface area contributed by atoms with E-state index in [1.165, 1.54) is 0 Å². The third kappa shape index (κ3) is 4.32. The van der Waals surface area contributed by atoms with Crippen LogP contribution in [0.15, 0.2) is 49.1 Å². The van der Waals surface area contributed by atoms with Crippen molar-refractivity contribution < 1.29 is 0 Å². The van der Waals surface area contributed by atoms with Crippen molar-refractivity contribution in [3.05, 3.63) is 54.7 Å². The lowest BCUT2D eigenvalue weighted by molar-refractivity contribution is 0.532. The van der Waals surface area contributed by atoms with Crippen LogP contribution in [0.5, 0.6) is 0 Å². The van der Waals surface area contributed by atoms with E-state index in [9.17, 15) is 0 Å². The van der Waals surface area contributed by atoms with Crippen molar-refractivity contribution in [2.24, 2.45) is 0 Å². The zero-order valence-corrected chi connectivity index (χ0v) is 19.2. The SMILES string of the molecule is CC(C)n1cc(Nc2nc(N[C@@H](C)c3ccccn3)c3ccn(SI)c3n2)cn1. The van der Waals surface area contributed by atoms with E-state index in [1.807, 2.05) is 45.3 Å². The van der Waals surface area contributed by atoms with Gasteiger partial charge in [-0.15, -0.1) is 0 Å². The van der Waals surface area contributed by atoms with Crippen LogP contribution < -0.4 is 10.6 Å². The molecule has 0 saturated heterocycles. The standard InChI is InChI=1S/C19H21IN8S/c1-12(2)27-11-14(10-22-27)24-19-25-17(15-7-9-28(29-20)18(15)26-19)23-13(3)16-6-4-5-8-21-16/h4-13H,1-3H3,(H2,23,24,25,26)/t13-/m0/s1. The average Bonchev–Trinajstić information content (AvgIpc) is 3.35. The molecule has 4 aromatic heterocycles. The van der Waals surface area contributed by atoms with Crippen molar-refractivity contribution in [1.82, 2.24) is 28.7 Å². The maximum atomic E-state index is 4.74. The van der Waals surface area contributed by atoms with Crippen LogP contribution >= 0.6 is 30.3 Å². The second kappa shape index (κ2) is 8.57. The van der Waals surface area contributed by atoms with Gasteiger partial charge in [-0.1, -0.05) is 6.07 Å². The number of nitrogens with zero attached hydrogens (tertiary/aromatic N) is 6. The summed E-state index contributed by atoms with van der Waals surface area (Å²) in [6.45, 7) is 6.25. The highest BCUT2D eigenvalue weighted by Crippen LogP contribution is 2.31. The number of pyridine rings is 1. The van der Waals surface area contributed by atoms with Crippen LogP contribution in [0.1, 0.15) is 38.5 Å². The smallest absolute Gasteiger partial charge is 0.231 e. The lowest BCUT2D eigenvalue weighted by Gasteiger charge is -2.15. The van der Waals surface area contributed by atoms with Crippen LogP contribution in [0.3, 0.4) is 0 Å². The molecule has 8 nitrogen and oxygen atoms in total. The van der Waals surface area contributed by atoms with Crippen molar-refractivity contribution in [3.8, 4) is 0 Å². The van der Waals surface area contributed by atoms with E-state index < -0.39 is 0 Å². The fourth-order valence-corrected chi connectivity index (χ4v) is 4.20. The van der Waals surface area contributed by atoms with Crippen LogP contribution in [0, 0.1) is 0 Å². The molecule has 0 unspecified atom stereocenters. The van der Waals surface area contributed by atoms with Crippen molar-refractivity contribution in [3.63, 3.8) is 0 Å². The molecule has 10 heteroatoms. The normalized spacial score (nSPS) is 12.4. The molecule has 0 bridgehead atoms. The molecule has 0 saturated carbocycles. The van der Waals surface area contributed by atoms with E-state index >= 15 is 0 Å². The number of hydrogen-bond donors (Lipinski definition) is 2. The second-order valence-corrected chi connectivity index (χ2v) is 8.61. The first kappa shape index (κ1) is 20.0. The van der Waals surface area contributed by atoms with Crippen LogP contribution in [0.2, 0.25) is 0 Å². The van der Waals surface area contributed by atoms with E-state index in [2.05, 4.69) is 62.7 Å².